The lowest BCUT2D eigenvalue weighted by Crippen LogP contribution is -2.40. The number of fused-ring (bicyclic) bond motifs is 2. The van der Waals surface area contributed by atoms with Gasteiger partial charge in [0.2, 0.25) is 0 Å². The minimum Gasteiger partial charge on any atom is -0.390 e. The minimum absolute atomic E-state index is 0.347. The zero-order chi connectivity index (χ0) is 8.89. The summed E-state index contributed by atoms with van der Waals surface area (Å²) in [5.41, 5.74) is -0.347. The molecule has 2 heteroatoms. The average molecular weight is 182 g/mol. The molecule has 13 heavy (non-hydrogen) atoms. The summed E-state index contributed by atoms with van der Waals surface area (Å²) >= 11 is 0. The number of ether oxygens (including phenoxy) is 1. The fraction of sp³-hybridized carbons (Fsp3) is 1.00. The summed E-state index contributed by atoms with van der Waals surface area (Å²) in [5, 5.41) is 10.4. The Labute approximate surface area is 79.3 Å². The quantitative estimate of drug-likeness (QED) is 0.670. The van der Waals surface area contributed by atoms with Crippen LogP contribution in [0.5, 0.6) is 0 Å². The van der Waals surface area contributed by atoms with E-state index in [0.717, 1.165) is 19.3 Å². The maximum atomic E-state index is 10.4. The molecule has 1 N–H and O–H groups in total. The predicted molar refractivity (Wildman–Crippen MR) is 49.4 cm³/mol. The first-order valence-electron chi connectivity index (χ1n) is 5.66. The second kappa shape index (κ2) is 2.71. The molecular formula is C11H18O2. The van der Waals surface area contributed by atoms with Crippen molar-refractivity contribution in [2.45, 2.75) is 62.8 Å². The van der Waals surface area contributed by atoms with E-state index in [0.29, 0.717) is 18.1 Å². The summed E-state index contributed by atoms with van der Waals surface area (Å²) in [6.45, 7) is 0. The third-order valence-corrected chi connectivity index (χ3v) is 4.27. The van der Waals surface area contributed by atoms with Gasteiger partial charge in [-0.2, -0.15) is 0 Å². The van der Waals surface area contributed by atoms with E-state index in [4.69, 9.17) is 4.74 Å². The van der Waals surface area contributed by atoms with Crippen LogP contribution in [0.2, 0.25) is 0 Å². The summed E-state index contributed by atoms with van der Waals surface area (Å²) in [7, 11) is 0. The van der Waals surface area contributed by atoms with Gasteiger partial charge in [0.1, 0.15) is 0 Å². The summed E-state index contributed by atoms with van der Waals surface area (Å²) < 4.78 is 5.80. The third-order valence-electron chi connectivity index (χ3n) is 4.27. The summed E-state index contributed by atoms with van der Waals surface area (Å²) in [4.78, 5) is 0. The molecule has 74 valence electrons. The van der Waals surface area contributed by atoms with Crippen LogP contribution in [0.3, 0.4) is 0 Å². The molecule has 2 aliphatic heterocycles. The molecule has 0 radical (unpaired) electrons. The van der Waals surface area contributed by atoms with E-state index in [1.165, 1.54) is 25.7 Å². The van der Waals surface area contributed by atoms with Crippen LogP contribution in [0.15, 0.2) is 0 Å². The molecule has 0 aromatic carbocycles. The Morgan fingerprint density at radius 3 is 2.46 bits per heavy atom. The molecule has 0 aromatic rings. The minimum atomic E-state index is -0.347. The third kappa shape index (κ3) is 1.15. The summed E-state index contributed by atoms with van der Waals surface area (Å²) in [6.07, 6.45) is 8.90. The van der Waals surface area contributed by atoms with Gasteiger partial charge < -0.3 is 9.84 Å². The van der Waals surface area contributed by atoms with Gasteiger partial charge in [-0.3, -0.25) is 0 Å². The Morgan fingerprint density at radius 1 is 1.15 bits per heavy atom. The van der Waals surface area contributed by atoms with Gasteiger partial charge >= 0.3 is 0 Å². The van der Waals surface area contributed by atoms with Gasteiger partial charge in [0, 0.05) is 5.92 Å². The van der Waals surface area contributed by atoms with Crippen LogP contribution >= 0.6 is 0 Å². The first-order chi connectivity index (χ1) is 6.28. The monoisotopic (exact) mass is 182 g/mol. The van der Waals surface area contributed by atoms with Gasteiger partial charge in [-0.15, -0.1) is 0 Å². The molecule has 2 heterocycles. The Balaban J connectivity index is 1.78. The van der Waals surface area contributed by atoms with Crippen LogP contribution < -0.4 is 0 Å². The fourth-order valence-corrected chi connectivity index (χ4v) is 3.56. The smallest absolute Gasteiger partial charge is 0.0701 e. The average Bonchev–Trinajstić information content (AvgIpc) is 2.77. The van der Waals surface area contributed by atoms with E-state index in [1.807, 2.05) is 0 Å². The molecule has 3 fully saturated rings. The molecule has 3 atom stereocenters. The van der Waals surface area contributed by atoms with Crippen LogP contribution in [0, 0.1) is 5.92 Å². The second-order valence-corrected chi connectivity index (χ2v) is 5.03. The van der Waals surface area contributed by atoms with Crippen molar-refractivity contribution in [2.75, 3.05) is 0 Å². The van der Waals surface area contributed by atoms with E-state index < -0.39 is 0 Å². The lowest BCUT2D eigenvalue weighted by Gasteiger charge is -2.33. The second-order valence-electron chi connectivity index (χ2n) is 5.03. The standard InChI is InChI=1S/C11H18O2/c12-11(5-1-2-6-11)9-7-8-3-4-10(9)13-8/h8-10,12H,1-7H2. The van der Waals surface area contributed by atoms with Crippen molar-refractivity contribution in [3.05, 3.63) is 0 Å². The van der Waals surface area contributed by atoms with Gasteiger partial charge in [0.05, 0.1) is 17.8 Å². The van der Waals surface area contributed by atoms with Crippen molar-refractivity contribution in [3.63, 3.8) is 0 Å². The molecule has 0 aromatic heterocycles. The molecule has 2 saturated heterocycles. The van der Waals surface area contributed by atoms with Gasteiger partial charge in [-0.25, -0.2) is 0 Å². The van der Waals surface area contributed by atoms with Crippen molar-refractivity contribution in [1.82, 2.24) is 0 Å². The highest BCUT2D eigenvalue weighted by Crippen LogP contribution is 2.49. The topological polar surface area (TPSA) is 29.5 Å². The highest BCUT2D eigenvalue weighted by molar-refractivity contribution is 5.01. The highest BCUT2D eigenvalue weighted by atomic mass is 16.5. The Hall–Kier alpha value is -0.0800. The molecule has 2 bridgehead atoms. The maximum Gasteiger partial charge on any atom is 0.0701 e. The van der Waals surface area contributed by atoms with Crippen molar-refractivity contribution in [2.24, 2.45) is 5.92 Å². The predicted octanol–water partition coefficient (Wildman–Crippen LogP) is 1.86. The zero-order valence-electron chi connectivity index (χ0n) is 8.04. The van der Waals surface area contributed by atoms with Gasteiger partial charge in [-0.05, 0) is 32.1 Å². The Morgan fingerprint density at radius 2 is 1.92 bits per heavy atom. The van der Waals surface area contributed by atoms with Crippen molar-refractivity contribution in [3.8, 4) is 0 Å². The zero-order valence-corrected chi connectivity index (χ0v) is 8.04. The first kappa shape index (κ1) is 8.25. The summed E-state index contributed by atoms with van der Waals surface area (Å²) in [6, 6.07) is 0. The van der Waals surface area contributed by atoms with Crippen LogP contribution in [-0.4, -0.2) is 22.9 Å². The van der Waals surface area contributed by atoms with Gasteiger partial charge in [-0.1, -0.05) is 12.8 Å². The van der Waals surface area contributed by atoms with E-state index in [9.17, 15) is 5.11 Å². The lowest BCUT2D eigenvalue weighted by atomic mass is 9.76. The van der Waals surface area contributed by atoms with Crippen LogP contribution in [0.4, 0.5) is 0 Å². The summed E-state index contributed by atoms with van der Waals surface area (Å²) in [5.74, 6) is 0.466. The Kier molecular flexibility index (Phi) is 1.72. The highest BCUT2D eigenvalue weighted by Gasteiger charge is 2.51. The van der Waals surface area contributed by atoms with Crippen LogP contribution in [0.25, 0.3) is 0 Å². The number of aliphatic hydroxyl groups is 1. The Bertz CT molecular complexity index is 208. The molecule has 0 amide bonds. The van der Waals surface area contributed by atoms with Gasteiger partial charge in [0.25, 0.3) is 0 Å². The number of hydrogen-bond donors (Lipinski definition) is 1. The maximum absolute atomic E-state index is 10.4. The molecule has 3 unspecified atom stereocenters. The fourth-order valence-electron chi connectivity index (χ4n) is 3.56. The van der Waals surface area contributed by atoms with E-state index in [-0.39, 0.29) is 5.60 Å². The van der Waals surface area contributed by atoms with Crippen LogP contribution in [-0.2, 0) is 4.74 Å². The van der Waals surface area contributed by atoms with E-state index >= 15 is 0 Å². The molecule has 1 saturated carbocycles. The molecule has 0 spiro atoms. The molecular weight excluding hydrogens is 164 g/mol. The lowest BCUT2D eigenvalue weighted by molar-refractivity contribution is -0.0405. The van der Waals surface area contributed by atoms with Gasteiger partial charge in [0.15, 0.2) is 0 Å². The SMILES string of the molecule is OC1(C2CC3CCC2O3)CCCC1. The largest absolute Gasteiger partial charge is 0.390 e. The number of rotatable bonds is 1. The van der Waals surface area contributed by atoms with Crippen molar-refractivity contribution >= 4 is 0 Å². The van der Waals surface area contributed by atoms with Crippen LogP contribution in [0.1, 0.15) is 44.9 Å². The van der Waals surface area contributed by atoms with E-state index in [1.54, 1.807) is 0 Å². The normalized spacial score (nSPS) is 47.3. The molecule has 1 aliphatic carbocycles. The molecule has 3 rings (SSSR count). The van der Waals surface area contributed by atoms with E-state index in [2.05, 4.69) is 0 Å². The number of hydrogen-bond acceptors (Lipinski definition) is 2. The molecule has 3 aliphatic rings. The first-order valence-corrected chi connectivity index (χ1v) is 5.66. The van der Waals surface area contributed by atoms with Crippen molar-refractivity contribution < 1.29 is 9.84 Å². The van der Waals surface area contributed by atoms with Crippen molar-refractivity contribution in [1.29, 1.82) is 0 Å². The molecule has 2 nitrogen and oxygen atoms in total.